The molecule has 6 N–H and O–H groups in total. The second-order valence-corrected chi connectivity index (χ2v) is 9.56. The van der Waals surface area contributed by atoms with Crippen molar-refractivity contribution in [3.05, 3.63) is 107 Å². The van der Waals surface area contributed by atoms with Crippen molar-refractivity contribution in [2.24, 2.45) is 4.99 Å². The Morgan fingerprint density at radius 1 is 0.756 bits per heavy atom. The summed E-state index contributed by atoms with van der Waals surface area (Å²) in [4.78, 5) is 29.7. The van der Waals surface area contributed by atoms with Gasteiger partial charge >= 0.3 is 0 Å². The first-order valence-corrected chi connectivity index (χ1v) is 12.8. The maximum absolute atomic E-state index is 12.9. The molecular formula is C31H27N3O7. The van der Waals surface area contributed by atoms with E-state index in [0.717, 1.165) is 11.1 Å². The van der Waals surface area contributed by atoms with Crippen LogP contribution in [0.15, 0.2) is 89.9 Å². The van der Waals surface area contributed by atoms with Gasteiger partial charge in [0.25, 0.3) is 11.8 Å². The predicted molar refractivity (Wildman–Crippen MR) is 153 cm³/mol. The highest BCUT2D eigenvalue weighted by Gasteiger charge is 2.35. The van der Waals surface area contributed by atoms with E-state index in [0.29, 0.717) is 17.8 Å². The van der Waals surface area contributed by atoms with Gasteiger partial charge in [-0.25, -0.2) is 4.99 Å². The molecule has 0 fully saturated rings. The molecule has 4 aromatic carbocycles. The van der Waals surface area contributed by atoms with E-state index in [9.17, 15) is 30.0 Å². The molecule has 208 valence electrons. The molecule has 0 saturated carbocycles. The van der Waals surface area contributed by atoms with Crippen molar-refractivity contribution in [1.82, 2.24) is 0 Å². The summed E-state index contributed by atoms with van der Waals surface area (Å²) in [6, 6.07) is 22.4. The van der Waals surface area contributed by atoms with E-state index in [1.165, 1.54) is 24.3 Å². The summed E-state index contributed by atoms with van der Waals surface area (Å²) in [6.07, 6.45) is 0.0500. The number of nitrogens with one attached hydrogen (secondary N) is 2. The normalized spacial score (nSPS) is 16.0. The molecule has 0 aromatic heterocycles. The van der Waals surface area contributed by atoms with Gasteiger partial charge in [-0.3, -0.25) is 9.59 Å². The largest absolute Gasteiger partial charge is 0.504 e. The van der Waals surface area contributed by atoms with Crippen LogP contribution in [0.4, 0.5) is 11.4 Å². The Morgan fingerprint density at radius 3 is 1.95 bits per heavy atom. The molecule has 41 heavy (non-hydrogen) atoms. The Morgan fingerprint density at radius 2 is 1.32 bits per heavy atom. The second kappa shape index (κ2) is 11.3. The second-order valence-electron chi connectivity index (χ2n) is 9.56. The zero-order chi connectivity index (χ0) is 29.1. The topological polar surface area (TPSA) is 161 Å². The quantitative estimate of drug-likeness (QED) is 0.183. The molecule has 1 heterocycles. The van der Waals surface area contributed by atoms with E-state index >= 15 is 0 Å². The van der Waals surface area contributed by atoms with Crippen molar-refractivity contribution in [2.45, 2.75) is 25.5 Å². The number of carbonyl (C=O) groups excluding carboxylic acids is 2. The van der Waals surface area contributed by atoms with Crippen LogP contribution in [0.1, 0.15) is 34.0 Å². The number of rotatable bonds is 7. The zero-order valence-electron chi connectivity index (χ0n) is 21.9. The lowest BCUT2D eigenvalue weighted by molar-refractivity contribution is -0.118. The van der Waals surface area contributed by atoms with Crippen LogP contribution < -0.4 is 10.6 Å². The summed E-state index contributed by atoms with van der Waals surface area (Å²) in [5.41, 5.74) is 3.30. The summed E-state index contributed by atoms with van der Waals surface area (Å²) in [7, 11) is 0. The van der Waals surface area contributed by atoms with Crippen LogP contribution in [0, 0.1) is 0 Å². The first-order chi connectivity index (χ1) is 19.7. The average Bonchev–Trinajstić information content (AvgIpc) is 3.35. The number of ether oxygens (including phenoxy) is 1. The number of aromatic hydroxyl groups is 4. The number of anilines is 2. The number of para-hydroxylation sites is 2. The molecule has 1 aliphatic rings. The monoisotopic (exact) mass is 553 g/mol. The molecule has 5 rings (SSSR count). The number of amides is 2. The Balaban J connectivity index is 1.18. The van der Waals surface area contributed by atoms with Crippen LogP contribution in [-0.2, 0) is 16.0 Å². The van der Waals surface area contributed by atoms with Crippen LogP contribution in [0.2, 0.25) is 0 Å². The molecule has 1 aliphatic heterocycles. The fraction of sp³-hybridized carbons (Fsp3) is 0.129. The Bertz CT molecular complexity index is 1630. The molecule has 0 saturated heterocycles. The fourth-order valence-corrected chi connectivity index (χ4v) is 4.39. The third-order valence-corrected chi connectivity index (χ3v) is 6.61. The lowest BCUT2D eigenvalue weighted by atomic mass is 10.0. The Kier molecular flexibility index (Phi) is 7.47. The highest BCUT2D eigenvalue weighted by Crippen LogP contribution is 2.32. The van der Waals surface area contributed by atoms with Gasteiger partial charge in [-0.2, -0.15) is 0 Å². The lowest BCUT2D eigenvalue weighted by Gasteiger charge is -2.13. The SMILES string of the molecule is CC1OC(c2cccc(O)c2O)=N[C@@H]1C(=O)Nc1ccc(Cc2ccc(NC(=O)c3cccc(O)c3O)cc2)cc1. The van der Waals surface area contributed by atoms with Crippen LogP contribution in [0.25, 0.3) is 0 Å². The first-order valence-electron chi connectivity index (χ1n) is 12.8. The van der Waals surface area contributed by atoms with Crippen LogP contribution >= 0.6 is 0 Å². The molecule has 0 bridgehead atoms. The lowest BCUT2D eigenvalue weighted by Crippen LogP contribution is -2.33. The maximum Gasteiger partial charge on any atom is 0.259 e. The van der Waals surface area contributed by atoms with Gasteiger partial charge < -0.3 is 35.8 Å². The van der Waals surface area contributed by atoms with Gasteiger partial charge in [-0.15, -0.1) is 0 Å². The van der Waals surface area contributed by atoms with Gasteiger partial charge in [-0.1, -0.05) is 36.4 Å². The van der Waals surface area contributed by atoms with Gasteiger partial charge in [-0.05, 0) is 73.0 Å². The minimum atomic E-state index is -0.832. The third kappa shape index (κ3) is 5.91. The van der Waals surface area contributed by atoms with Crippen molar-refractivity contribution in [2.75, 3.05) is 10.6 Å². The van der Waals surface area contributed by atoms with E-state index in [2.05, 4.69) is 15.6 Å². The number of phenols is 4. The highest BCUT2D eigenvalue weighted by atomic mass is 16.5. The van der Waals surface area contributed by atoms with Crippen LogP contribution in [-0.4, -0.2) is 50.3 Å². The van der Waals surface area contributed by atoms with Crippen molar-refractivity contribution < 1.29 is 34.8 Å². The molecule has 2 amide bonds. The van der Waals surface area contributed by atoms with Gasteiger partial charge in [0.15, 0.2) is 29.0 Å². The number of hydrogen-bond acceptors (Lipinski definition) is 8. The molecule has 0 radical (unpaired) electrons. The summed E-state index contributed by atoms with van der Waals surface area (Å²) in [5.74, 6) is -2.32. The van der Waals surface area contributed by atoms with Crippen molar-refractivity contribution in [3.63, 3.8) is 0 Å². The highest BCUT2D eigenvalue weighted by molar-refractivity contribution is 6.06. The molecule has 1 unspecified atom stereocenters. The van der Waals surface area contributed by atoms with Gasteiger partial charge in [0, 0.05) is 11.4 Å². The standard InChI is InChI=1S/C31H27N3O7/c1-17-26(34-31(41-17)23-5-3-7-25(36)28(23)38)30(40)33-21-14-10-19(11-15-21)16-18-8-12-20(13-9-18)32-29(39)22-4-2-6-24(35)27(22)37/h2-15,17,26,35-38H,16H2,1H3,(H,32,39)(H,33,40)/t17?,26-/m0/s1. The molecule has 0 aliphatic carbocycles. The molecule has 10 heteroatoms. The van der Waals surface area contributed by atoms with Gasteiger partial charge in [0.2, 0.25) is 5.90 Å². The minimum Gasteiger partial charge on any atom is -0.504 e. The van der Waals surface area contributed by atoms with Gasteiger partial charge in [0.05, 0.1) is 11.1 Å². The Hall–Kier alpha value is -5.51. The van der Waals surface area contributed by atoms with Crippen LogP contribution in [0.5, 0.6) is 23.0 Å². The molecule has 0 spiro atoms. The number of aliphatic imine (C=N–C) groups is 1. The summed E-state index contributed by atoms with van der Waals surface area (Å²) in [5, 5.41) is 44.9. The third-order valence-electron chi connectivity index (χ3n) is 6.61. The van der Waals surface area contributed by atoms with Crippen LogP contribution in [0.3, 0.4) is 0 Å². The minimum absolute atomic E-state index is 0.0285. The molecule has 2 atom stereocenters. The van der Waals surface area contributed by atoms with E-state index < -0.39 is 23.8 Å². The van der Waals surface area contributed by atoms with Crippen molar-refractivity contribution in [1.29, 1.82) is 0 Å². The van der Waals surface area contributed by atoms with Crippen molar-refractivity contribution in [3.8, 4) is 23.0 Å². The Labute approximate surface area is 235 Å². The predicted octanol–water partition coefficient (Wildman–Crippen LogP) is 4.52. The summed E-state index contributed by atoms with van der Waals surface area (Å²) >= 11 is 0. The molecule has 4 aromatic rings. The molecular weight excluding hydrogens is 526 g/mol. The number of hydrogen-bond donors (Lipinski definition) is 6. The fourth-order valence-electron chi connectivity index (χ4n) is 4.39. The number of benzene rings is 4. The maximum atomic E-state index is 12.9. The smallest absolute Gasteiger partial charge is 0.259 e. The zero-order valence-corrected chi connectivity index (χ0v) is 21.9. The number of phenolic OH excluding ortho intramolecular Hbond substituents is 4. The van der Waals surface area contributed by atoms with E-state index in [-0.39, 0.29) is 40.2 Å². The van der Waals surface area contributed by atoms with E-state index in [4.69, 9.17) is 4.74 Å². The number of carbonyl (C=O) groups is 2. The van der Waals surface area contributed by atoms with Crippen molar-refractivity contribution >= 4 is 29.1 Å². The molecule has 10 nitrogen and oxygen atoms in total. The summed E-state index contributed by atoms with van der Waals surface area (Å²) < 4.78 is 5.68. The first kappa shape index (κ1) is 27.1. The number of nitrogens with zero attached hydrogens (tertiary/aromatic N) is 1. The van der Waals surface area contributed by atoms with E-state index in [1.54, 1.807) is 43.3 Å². The van der Waals surface area contributed by atoms with Gasteiger partial charge in [0.1, 0.15) is 6.10 Å². The van der Waals surface area contributed by atoms with E-state index in [1.807, 2.05) is 24.3 Å². The average molecular weight is 554 g/mol. The summed E-state index contributed by atoms with van der Waals surface area (Å²) in [6.45, 7) is 1.71.